The topological polar surface area (TPSA) is 71.0 Å². The lowest BCUT2D eigenvalue weighted by molar-refractivity contribution is 0.0696. The number of rotatable bonds is 20. The molecule has 10 heteroatoms. The quantitative estimate of drug-likeness (QED) is 0.245. The third-order valence-electron chi connectivity index (χ3n) is 5.01. The zero-order valence-corrected chi connectivity index (χ0v) is 22.7. The van der Waals surface area contributed by atoms with Gasteiger partial charge in [-0.1, -0.05) is 0 Å². The van der Waals surface area contributed by atoms with Gasteiger partial charge in [-0.15, -0.1) is 0 Å². The van der Waals surface area contributed by atoms with E-state index in [2.05, 4.69) is 4.90 Å². The highest BCUT2D eigenvalue weighted by atomic mass is 28.4. The number of nitrogens with zero attached hydrogens (tertiary/aromatic N) is 2. The van der Waals surface area contributed by atoms with Gasteiger partial charge in [0.15, 0.2) is 0 Å². The standard InChI is InChI=1S/C21H46N2O6Si2/c1-7-24-30(25-8-2,26-9-3)19-13-15-21-22-16-18-23(21)17-14-20-31(27-10-4,28-11-5)29-12-6/h7-20H2,1-6H3. The molecule has 8 nitrogen and oxygen atoms in total. The maximum atomic E-state index is 5.98. The van der Waals surface area contributed by atoms with Crippen LogP contribution in [0.15, 0.2) is 4.99 Å². The van der Waals surface area contributed by atoms with E-state index >= 15 is 0 Å². The van der Waals surface area contributed by atoms with Gasteiger partial charge in [0.05, 0.1) is 12.4 Å². The summed E-state index contributed by atoms with van der Waals surface area (Å²) in [5, 5.41) is 0. The van der Waals surface area contributed by atoms with Gasteiger partial charge in [-0.3, -0.25) is 4.99 Å². The van der Waals surface area contributed by atoms with Gasteiger partial charge in [0.1, 0.15) is 0 Å². The van der Waals surface area contributed by atoms with Gasteiger partial charge >= 0.3 is 17.6 Å². The molecule has 0 radical (unpaired) electrons. The second kappa shape index (κ2) is 16.3. The molecule has 184 valence electrons. The van der Waals surface area contributed by atoms with Crippen LogP contribution in [0.5, 0.6) is 0 Å². The zero-order valence-electron chi connectivity index (χ0n) is 20.7. The minimum absolute atomic E-state index is 0.616. The highest BCUT2D eigenvalue weighted by molar-refractivity contribution is 6.61. The van der Waals surface area contributed by atoms with Gasteiger partial charge in [0, 0.05) is 71.2 Å². The summed E-state index contributed by atoms with van der Waals surface area (Å²) in [5.74, 6) is 1.18. The van der Waals surface area contributed by atoms with Crippen LogP contribution in [0, 0.1) is 0 Å². The third-order valence-corrected chi connectivity index (χ3v) is 11.3. The van der Waals surface area contributed by atoms with Crippen molar-refractivity contribution in [1.29, 1.82) is 0 Å². The van der Waals surface area contributed by atoms with Gasteiger partial charge in [0.25, 0.3) is 0 Å². The first kappa shape index (κ1) is 28.7. The average molecular weight is 479 g/mol. The second-order valence-electron chi connectivity index (χ2n) is 7.21. The molecule has 1 aliphatic heterocycles. The molecule has 1 heterocycles. The average Bonchev–Trinajstić information content (AvgIpc) is 3.16. The van der Waals surface area contributed by atoms with Gasteiger partial charge in [-0.2, -0.15) is 0 Å². The van der Waals surface area contributed by atoms with Crippen molar-refractivity contribution < 1.29 is 26.6 Å². The molecule has 0 unspecified atom stereocenters. The summed E-state index contributed by atoms with van der Waals surface area (Å²) in [7, 11) is -5.16. The Kier molecular flexibility index (Phi) is 15.1. The molecule has 1 rings (SSSR count). The summed E-state index contributed by atoms with van der Waals surface area (Å²) in [6.07, 6.45) is 2.85. The molecule has 0 bridgehead atoms. The van der Waals surface area contributed by atoms with Crippen molar-refractivity contribution in [2.45, 2.75) is 72.9 Å². The minimum Gasteiger partial charge on any atom is -0.374 e. The summed E-state index contributed by atoms with van der Waals surface area (Å²) in [5.41, 5.74) is 0. The molecule has 0 spiro atoms. The van der Waals surface area contributed by atoms with Crippen molar-refractivity contribution in [3.8, 4) is 0 Å². The Morgan fingerprint density at radius 3 is 1.52 bits per heavy atom. The van der Waals surface area contributed by atoms with E-state index in [-0.39, 0.29) is 0 Å². The molecule has 0 N–H and O–H groups in total. The van der Waals surface area contributed by atoms with E-state index in [0.717, 1.165) is 51.0 Å². The molecular formula is C21H46N2O6Si2. The van der Waals surface area contributed by atoms with Gasteiger partial charge in [0.2, 0.25) is 0 Å². The van der Waals surface area contributed by atoms with Crippen LogP contribution in [-0.2, 0) is 26.6 Å². The van der Waals surface area contributed by atoms with Crippen molar-refractivity contribution in [2.75, 3.05) is 59.3 Å². The second-order valence-corrected chi connectivity index (χ2v) is 12.7. The summed E-state index contributed by atoms with van der Waals surface area (Å²) in [4.78, 5) is 7.15. The van der Waals surface area contributed by atoms with E-state index < -0.39 is 17.6 Å². The Balaban J connectivity index is 2.56. The van der Waals surface area contributed by atoms with E-state index in [4.69, 9.17) is 31.5 Å². The van der Waals surface area contributed by atoms with Crippen LogP contribution in [0.25, 0.3) is 0 Å². The summed E-state index contributed by atoms with van der Waals surface area (Å²) in [6, 6.07) is 1.66. The first-order valence-corrected chi connectivity index (χ1v) is 16.0. The normalized spacial score (nSPS) is 15.0. The predicted molar refractivity (Wildman–Crippen MR) is 129 cm³/mol. The molecule has 0 saturated carbocycles. The molecule has 1 aliphatic rings. The third kappa shape index (κ3) is 9.99. The number of hydrogen-bond donors (Lipinski definition) is 0. The van der Waals surface area contributed by atoms with Crippen molar-refractivity contribution >= 4 is 23.4 Å². The molecule has 0 amide bonds. The fraction of sp³-hybridized carbons (Fsp3) is 0.952. The highest BCUT2D eigenvalue weighted by Crippen LogP contribution is 2.22. The van der Waals surface area contributed by atoms with E-state index in [1.165, 1.54) is 5.84 Å². The molecule has 0 saturated heterocycles. The van der Waals surface area contributed by atoms with Crippen molar-refractivity contribution in [2.24, 2.45) is 4.99 Å². The van der Waals surface area contributed by atoms with Crippen molar-refractivity contribution in [3.63, 3.8) is 0 Å². The summed E-state index contributed by atoms with van der Waals surface area (Å²) < 4.78 is 35.9. The molecule has 0 aliphatic carbocycles. The fourth-order valence-corrected chi connectivity index (χ4v) is 9.16. The number of hydrogen-bond acceptors (Lipinski definition) is 8. The molecular weight excluding hydrogens is 432 g/mol. The Hall–Kier alpha value is -0.336. The molecule has 0 aromatic heterocycles. The van der Waals surface area contributed by atoms with Crippen LogP contribution in [0.4, 0.5) is 0 Å². The lowest BCUT2D eigenvalue weighted by Crippen LogP contribution is -2.46. The Bertz CT molecular complexity index is 464. The van der Waals surface area contributed by atoms with E-state index in [0.29, 0.717) is 39.6 Å². The van der Waals surface area contributed by atoms with Gasteiger partial charge in [-0.05, 0) is 54.4 Å². The SMILES string of the molecule is CCO[Si](CCCC1=NCCN1CCC[Si](OCC)(OCC)OCC)(OCC)OCC. The molecule has 0 aromatic rings. The Labute approximate surface area is 192 Å². The molecule has 0 aromatic carbocycles. The van der Waals surface area contributed by atoms with Crippen LogP contribution < -0.4 is 0 Å². The zero-order chi connectivity index (χ0) is 23.0. The van der Waals surface area contributed by atoms with E-state index in [9.17, 15) is 0 Å². The van der Waals surface area contributed by atoms with Crippen LogP contribution in [0.2, 0.25) is 12.1 Å². The van der Waals surface area contributed by atoms with Gasteiger partial charge in [-0.25, -0.2) is 0 Å². The molecule has 0 atom stereocenters. The Morgan fingerprint density at radius 1 is 0.677 bits per heavy atom. The lowest BCUT2D eigenvalue weighted by atomic mass is 10.3. The summed E-state index contributed by atoms with van der Waals surface area (Å²) in [6.45, 7) is 18.5. The van der Waals surface area contributed by atoms with Crippen LogP contribution >= 0.6 is 0 Å². The molecule has 0 fully saturated rings. The van der Waals surface area contributed by atoms with Crippen molar-refractivity contribution in [3.05, 3.63) is 0 Å². The first-order chi connectivity index (χ1) is 15.0. The lowest BCUT2D eigenvalue weighted by Gasteiger charge is -2.30. The minimum atomic E-state index is -2.58. The van der Waals surface area contributed by atoms with Crippen LogP contribution in [-0.4, -0.2) is 87.6 Å². The van der Waals surface area contributed by atoms with E-state index in [1.807, 2.05) is 41.5 Å². The van der Waals surface area contributed by atoms with Crippen molar-refractivity contribution in [1.82, 2.24) is 4.90 Å². The largest absolute Gasteiger partial charge is 0.500 e. The van der Waals surface area contributed by atoms with Crippen LogP contribution in [0.1, 0.15) is 60.8 Å². The van der Waals surface area contributed by atoms with Gasteiger partial charge < -0.3 is 31.5 Å². The Morgan fingerprint density at radius 2 is 1.10 bits per heavy atom. The highest BCUT2D eigenvalue weighted by Gasteiger charge is 2.41. The summed E-state index contributed by atoms with van der Waals surface area (Å²) >= 11 is 0. The maximum Gasteiger partial charge on any atom is 0.500 e. The predicted octanol–water partition coefficient (Wildman–Crippen LogP) is 3.97. The smallest absolute Gasteiger partial charge is 0.374 e. The fourth-order valence-electron chi connectivity index (χ4n) is 3.96. The first-order valence-electron chi connectivity index (χ1n) is 12.2. The van der Waals surface area contributed by atoms with E-state index in [1.54, 1.807) is 0 Å². The number of amidine groups is 1. The number of aliphatic imine (C=N–C) groups is 1. The monoisotopic (exact) mass is 478 g/mol. The van der Waals surface area contributed by atoms with Crippen LogP contribution in [0.3, 0.4) is 0 Å². The maximum absolute atomic E-state index is 5.98. The molecule has 31 heavy (non-hydrogen) atoms.